The van der Waals surface area contributed by atoms with Crippen LogP contribution in [-0.4, -0.2) is 25.9 Å². The average Bonchev–Trinajstić information content (AvgIpc) is 2.75. The van der Waals surface area contributed by atoms with Crippen LogP contribution < -0.4 is 15.5 Å². The van der Waals surface area contributed by atoms with Crippen molar-refractivity contribution >= 4 is 45.2 Å². The lowest BCUT2D eigenvalue weighted by Crippen LogP contribution is -2.31. The maximum atomic E-state index is 13.2. The summed E-state index contributed by atoms with van der Waals surface area (Å²) in [5, 5.41) is 5.70. The second-order valence-electron chi connectivity index (χ2n) is 7.75. The van der Waals surface area contributed by atoms with Gasteiger partial charge in [0.05, 0.1) is 5.56 Å². The van der Waals surface area contributed by atoms with Crippen LogP contribution in [0.1, 0.15) is 27.0 Å². The summed E-state index contributed by atoms with van der Waals surface area (Å²) in [6.07, 6.45) is 1.67. The summed E-state index contributed by atoms with van der Waals surface area (Å²) in [6.45, 7) is 3.94. The van der Waals surface area contributed by atoms with Gasteiger partial charge in [0.15, 0.2) is 0 Å². The van der Waals surface area contributed by atoms with Gasteiger partial charge < -0.3 is 15.5 Å². The van der Waals surface area contributed by atoms with Gasteiger partial charge in [-0.05, 0) is 77.3 Å². The van der Waals surface area contributed by atoms with Gasteiger partial charge in [0.2, 0.25) is 0 Å². The molecular weight excluding hydrogens is 466 g/mol. The Morgan fingerprint density at radius 1 is 0.938 bits per heavy atom. The maximum absolute atomic E-state index is 13.2. The first-order valence-corrected chi connectivity index (χ1v) is 11.0. The number of anilines is 2. The molecule has 0 unspecified atom stereocenters. The number of rotatable bonds is 6. The Labute approximate surface area is 197 Å². The molecule has 2 N–H and O–H groups in total. The molecule has 0 fully saturated rings. The summed E-state index contributed by atoms with van der Waals surface area (Å²) >= 11 is 3.40. The van der Waals surface area contributed by atoms with Crippen molar-refractivity contribution in [2.24, 2.45) is 0 Å². The van der Waals surface area contributed by atoms with E-state index in [4.69, 9.17) is 0 Å². The summed E-state index contributed by atoms with van der Waals surface area (Å²) < 4.78 is 0.655. The molecule has 32 heavy (non-hydrogen) atoms. The summed E-state index contributed by atoms with van der Waals surface area (Å²) in [6, 6.07) is 20.6. The van der Waals surface area contributed by atoms with E-state index in [-0.39, 0.29) is 11.6 Å². The Bertz CT molecular complexity index is 1170. The van der Waals surface area contributed by atoms with Crippen molar-refractivity contribution in [3.8, 4) is 0 Å². The first-order valence-electron chi connectivity index (χ1n) is 10.2. The fourth-order valence-electron chi connectivity index (χ4n) is 3.17. The van der Waals surface area contributed by atoms with E-state index in [1.165, 1.54) is 0 Å². The molecule has 0 aromatic heterocycles. The molecule has 3 aromatic rings. The van der Waals surface area contributed by atoms with Crippen molar-refractivity contribution in [3.63, 3.8) is 0 Å². The molecule has 2 amide bonds. The van der Waals surface area contributed by atoms with Crippen LogP contribution in [0.15, 0.2) is 76.9 Å². The first kappa shape index (κ1) is 23.3. The number of nitrogens with zero attached hydrogens (tertiary/aromatic N) is 1. The number of carbonyl (C=O) groups excluding carboxylic acids is 2. The van der Waals surface area contributed by atoms with E-state index >= 15 is 0 Å². The summed E-state index contributed by atoms with van der Waals surface area (Å²) in [5.74, 6) is -0.765. The van der Waals surface area contributed by atoms with E-state index < -0.39 is 5.91 Å². The normalized spacial score (nSPS) is 11.1. The molecule has 0 saturated heterocycles. The van der Waals surface area contributed by atoms with Crippen LogP contribution in [0.5, 0.6) is 0 Å². The highest BCUT2D eigenvalue weighted by molar-refractivity contribution is 9.10. The van der Waals surface area contributed by atoms with E-state index in [0.717, 1.165) is 22.4 Å². The third-order valence-electron chi connectivity index (χ3n) is 4.96. The zero-order chi connectivity index (χ0) is 23.3. The fraction of sp³-hybridized carbons (Fsp3) is 0.154. The Kier molecular flexibility index (Phi) is 7.49. The van der Waals surface area contributed by atoms with Crippen LogP contribution in [0.4, 0.5) is 11.4 Å². The lowest BCUT2D eigenvalue weighted by atomic mass is 10.1. The second-order valence-corrected chi connectivity index (χ2v) is 8.60. The number of hydrogen-bond donors (Lipinski definition) is 2. The zero-order valence-electron chi connectivity index (χ0n) is 18.6. The van der Waals surface area contributed by atoms with Crippen LogP contribution in [0, 0.1) is 13.8 Å². The van der Waals surface area contributed by atoms with Crippen molar-refractivity contribution in [1.82, 2.24) is 5.32 Å². The fourth-order valence-corrected chi connectivity index (χ4v) is 3.64. The molecule has 0 spiro atoms. The molecule has 0 atom stereocenters. The number of nitrogens with one attached hydrogen (secondary N) is 2. The monoisotopic (exact) mass is 491 g/mol. The van der Waals surface area contributed by atoms with E-state index in [1.807, 2.05) is 81.4 Å². The van der Waals surface area contributed by atoms with Gasteiger partial charge in [0.25, 0.3) is 11.8 Å². The molecule has 6 heteroatoms. The van der Waals surface area contributed by atoms with Crippen molar-refractivity contribution in [3.05, 3.63) is 99.2 Å². The summed E-state index contributed by atoms with van der Waals surface area (Å²) in [7, 11) is 3.93. The number of carbonyl (C=O) groups is 2. The minimum absolute atomic E-state index is 0.156. The summed E-state index contributed by atoms with van der Waals surface area (Å²) in [4.78, 5) is 28.1. The predicted molar refractivity (Wildman–Crippen MR) is 135 cm³/mol. The number of benzene rings is 3. The van der Waals surface area contributed by atoms with Crippen LogP contribution in [0.2, 0.25) is 0 Å². The van der Waals surface area contributed by atoms with E-state index in [0.29, 0.717) is 15.7 Å². The largest absolute Gasteiger partial charge is 0.378 e. The Morgan fingerprint density at radius 3 is 2.25 bits per heavy atom. The van der Waals surface area contributed by atoms with Gasteiger partial charge in [-0.2, -0.15) is 0 Å². The molecule has 0 saturated carbocycles. The number of halogens is 1. The third kappa shape index (κ3) is 5.86. The number of aryl methyl sites for hydroxylation is 2. The highest BCUT2D eigenvalue weighted by Crippen LogP contribution is 2.20. The Hall–Kier alpha value is -3.38. The van der Waals surface area contributed by atoms with Crippen molar-refractivity contribution in [2.45, 2.75) is 13.8 Å². The molecule has 0 aliphatic carbocycles. The van der Waals surface area contributed by atoms with E-state index in [9.17, 15) is 9.59 Å². The van der Waals surface area contributed by atoms with Gasteiger partial charge >= 0.3 is 0 Å². The molecule has 3 aromatic carbocycles. The van der Waals surface area contributed by atoms with E-state index in [2.05, 4.69) is 26.6 Å². The molecule has 3 rings (SSSR count). The van der Waals surface area contributed by atoms with Crippen molar-refractivity contribution in [2.75, 3.05) is 24.3 Å². The first-order chi connectivity index (χ1) is 15.2. The summed E-state index contributed by atoms with van der Waals surface area (Å²) in [5.41, 5.74) is 5.20. The lowest BCUT2D eigenvalue weighted by molar-refractivity contribution is -0.113. The minimum Gasteiger partial charge on any atom is -0.378 e. The lowest BCUT2D eigenvalue weighted by Gasteiger charge is -2.14. The quantitative estimate of drug-likeness (QED) is 0.444. The molecule has 164 valence electrons. The molecule has 0 radical (unpaired) electrons. The highest BCUT2D eigenvalue weighted by Gasteiger charge is 2.17. The average molecular weight is 492 g/mol. The van der Waals surface area contributed by atoms with Crippen LogP contribution in [0.3, 0.4) is 0 Å². The molecule has 5 nitrogen and oxygen atoms in total. The number of amides is 2. The van der Waals surface area contributed by atoms with Crippen molar-refractivity contribution < 1.29 is 9.59 Å². The Morgan fingerprint density at radius 2 is 1.62 bits per heavy atom. The number of hydrogen-bond acceptors (Lipinski definition) is 3. The topological polar surface area (TPSA) is 61.4 Å². The van der Waals surface area contributed by atoms with Gasteiger partial charge in [0, 0.05) is 29.9 Å². The van der Waals surface area contributed by atoms with Gasteiger partial charge in [-0.15, -0.1) is 0 Å². The van der Waals surface area contributed by atoms with Crippen LogP contribution >= 0.6 is 15.9 Å². The SMILES string of the molecule is Cc1ccc(NC(=O)/C(=C\c2ccc(N(C)C)cc2)NC(=O)c2ccccc2Br)c(C)c1. The smallest absolute Gasteiger partial charge is 0.272 e. The Balaban J connectivity index is 1.93. The maximum Gasteiger partial charge on any atom is 0.272 e. The molecule has 0 aliphatic heterocycles. The molecular formula is C26H26BrN3O2. The highest BCUT2D eigenvalue weighted by atomic mass is 79.9. The zero-order valence-corrected chi connectivity index (χ0v) is 20.2. The van der Waals surface area contributed by atoms with Gasteiger partial charge in [-0.1, -0.05) is 42.0 Å². The molecule has 0 bridgehead atoms. The van der Waals surface area contributed by atoms with Gasteiger partial charge in [-0.3, -0.25) is 9.59 Å². The molecule has 0 aliphatic rings. The van der Waals surface area contributed by atoms with Crippen LogP contribution in [0.25, 0.3) is 6.08 Å². The van der Waals surface area contributed by atoms with E-state index in [1.54, 1.807) is 24.3 Å². The molecule has 0 heterocycles. The van der Waals surface area contributed by atoms with Gasteiger partial charge in [-0.25, -0.2) is 0 Å². The minimum atomic E-state index is -0.394. The second kappa shape index (κ2) is 10.3. The van der Waals surface area contributed by atoms with Gasteiger partial charge in [0.1, 0.15) is 5.70 Å². The third-order valence-corrected chi connectivity index (χ3v) is 5.65. The predicted octanol–water partition coefficient (Wildman–Crippen LogP) is 5.54. The van der Waals surface area contributed by atoms with Crippen molar-refractivity contribution in [1.29, 1.82) is 0 Å². The standard InChI is InChI=1S/C26H26BrN3O2/c1-17-9-14-23(18(2)15-17)28-26(32)24(16-19-10-12-20(13-11-19)30(3)4)29-25(31)21-7-5-6-8-22(21)27/h5-16H,1-4H3,(H,28,32)(H,29,31)/b24-16+. The van der Waals surface area contributed by atoms with Crippen LogP contribution in [-0.2, 0) is 4.79 Å².